The Labute approximate surface area is 162 Å². The lowest BCUT2D eigenvalue weighted by Crippen LogP contribution is -2.10. The van der Waals surface area contributed by atoms with Gasteiger partial charge in [-0.2, -0.15) is 9.61 Å². The van der Waals surface area contributed by atoms with E-state index in [9.17, 15) is 0 Å². The molecule has 3 heterocycles. The Kier molecular flexibility index (Phi) is 5.34. The molecule has 0 spiro atoms. The Morgan fingerprint density at radius 2 is 1.96 bits per heavy atom. The van der Waals surface area contributed by atoms with Crippen LogP contribution in [0.1, 0.15) is 12.5 Å². The molecule has 5 nitrogen and oxygen atoms in total. The molecule has 0 unspecified atom stereocenters. The second-order valence-corrected chi connectivity index (χ2v) is 7.46. The zero-order valence-electron chi connectivity index (χ0n) is 15.2. The summed E-state index contributed by atoms with van der Waals surface area (Å²) in [4.78, 5) is 10.2. The third kappa shape index (κ3) is 4.11. The zero-order valence-corrected chi connectivity index (χ0v) is 16.0. The Morgan fingerprint density at radius 1 is 1.07 bits per heavy atom. The first-order valence-corrected chi connectivity index (χ1v) is 10.0. The van der Waals surface area contributed by atoms with Crippen LogP contribution < -0.4 is 5.32 Å². The fourth-order valence-electron chi connectivity index (χ4n) is 2.96. The molecular formula is C21H21N5S. The van der Waals surface area contributed by atoms with Crippen molar-refractivity contribution in [2.24, 2.45) is 0 Å². The van der Waals surface area contributed by atoms with Crippen molar-refractivity contribution >= 4 is 23.2 Å². The molecule has 0 amide bonds. The number of benzene rings is 1. The summed E-state index contributed by atoms with van der Waals surface area (Å²) in [7, 11) is 0. The van der Waals surface area contributed by atoms with Crippen molar-refractivity contribution in [2.75, 3.05) is 17.6 Å². The lowest BCUT2D eigenvalue weighted by molar-refractivity contribution is 0.912. The number of nitrogens with one attached hydrogen (secondary N) is 1. The molecule has 0 fully saturated rings. The van der Waals surface area contributed by atoms with Crippen LogP contribution in [0.2, 0.25) is 0 Å². The summed E-state index contributed by atoms with van der Waals surface area (Å²) in [6.07, 6.45) is 6.37. The molecule has 0 atom stereocenters. The Bertz CT molecular complexity index is 1010. The van der Waals surface area contributed by atoms with Crippen molar-refractivity contribution in [3.8, 4) is 11.3 Å². The summed E-state index contributed by atoms with van der Waals surface area (Å²) in [6, 6.07) is 16.6. The molecule has 27 heavy (non-hydrogen) atoms. The first-order chi connectivity index (χ1) is 13.3. The average molecular weight is 376 g/mol. The molecule has 0 aliphatic rings. The van der Waals surface area contributed by atoms with E-state index in [1.807, 2.05) is 34.6 Å². The van der Waals surface area contributed by atoms with E-state index in [-0.39, 0.29) is 0 Å². The summed E-state index contributed by atoms with van der Waals surface area (Å²) in [5, 5.41) is 7.89. The van der Waals surface area contributed by atoms with Crippen LogP contribution in [-0.4, -0.2) is 31.9 Å². The zero-order chi connectivity index (χ0) is 18.5. The number of thioether (sulfide) groups is 1. The van der Waals surface area contributed by atoms with Crippen molar-refractivity contribution in [1.29, 1.82) is 0 Å². The van der Waals surface area contributed by atoms with Crippen molar-refractivity contribution in [2.45, 2.75) is 18.2 Å². The predicted molar refractivity (Wildman–Crippen MR) is 111 cm³/mol. The van der Waals surface area contributed by atoms with E-state index in [4.69, 9.17) is 4.98 Å². The third-order valence-corrected chi connectivity index (χ3v) is 5.16. The van der Waals surface area contributed by atoms with E-state index in [0.29, 0.717) is 0 Å². The minimum absolute atomic E-state index is 0.802. The highest BCUT2D eigenvalue weighted by Gasteiger charge is 2.08. The maximum absolute atomic E-state index is 4.75. The third-order valence-electron chi connectivity index (χ3n) is 4.26. The molecule has 1 N–H and O–H groups in total. The monoisotopic (exact) mass is 375 g/mol. The van der Waals surface area contributed by atoms with Gasteiger partial charge in [-0.3, -0.25) is 4.98 Å². The van der Waals surface area contributed by atoms with Gasteiger partial charge in [-0.25, -0.2) is 4.98 Å². The number of hydrogen-bond donors (Lipinski definition) is 1. The normalized spacial score (nSPS) is 11.0. The molecule has 0 saturated carbocycles. The van der Waals surface area contributed by atoms with Gasteiger partial charge in [-0.05, 0) is 35.9 Å². The molecule has 1 aromatic carbocycles. The number of pyridine rings is 1. The molecule has 136 valence electrons. The average Bonchev–Trinajstić information content (AvgIpc) is 3.18. The first-order valence-electron chi connectivity index (χ1n) is 9.04. The topological polar surface area (TPSA) is 55.1 Å². The van der Waals surface area contributed by atoms with Gasteiger partial charge in [0.2, 0.25) is 0 Å². The van der Waals surface area contributed by atoms with Gasteiger partial charge in [-0.1, -0.05) is 25.1 Å². The van der Waals surface area contributed by atoms with Gasteiger partial charge >= 0.3 is 0 Å². The molecule has 0 bridgehead atoms. The lowest BCUT2D eigenvalue weighted by atomic mass is 10.1. The molecule has 4 rings (SSSR count). The molecule has 3 aromatic heterocycles. The molecule has 6 heteroatoms. The van der Waals surface area contributed by atoms with Crippen molar-refractivity contribution < 1.29 is 0 Å². The van der Waals surface area contributed by atoms with Crippen LogP contribution in [0, 0.1) is 0 Å². The number of nitrogens with zero attached hydrogens (tertiary/aromatic N) is 4. The van der Waals surface area contributed by atoms with Crippen LogP contribution in [-0.2, 0) is 6.42 Å². The maximum atomic E-state index is 4.75. The highest BCUT2D eigenvalue weighted by Crippen LogP contribution is 2.25. The van der Waals surface area contributed by atoms with Gasteiger partial charge in [0.1, 0.15) is 5.82 Å². The minimum atomic E-state index is 0.802. The van der Waals surface area contributed by atoms with Crippen LogP contribution in [0.5, 0.6) is 0 Å². The lowest BCUT2D eigenvalue weighted by Gasteiger charge is -2.11. The molecular weight excluding hydrogens is 354 g/mol. The van der Waals surface area contributed by atoms with E-state index >= 15 is 0 Å². The predicted octanol–water partition coefficient (Wildman–Crippen LogP) is 4.56. The second-order valence-electron chi connectivity index (χ2n) is 6.12. The summed E-state index contributed by atoms with van der Waals surface area (Å²) in [5.74, 6) is 2.01. The number of hydrogen-bond acceptors (Lipinski definition) is 5. The van der Waals surface area contributed by atoms with Crippen LogP contribution >= 0.6 is 11.8 Å². The number of aromatic nitrogens is 4. The summed E-state index contributed by atoms with van der Waals surface area (Å²) < 4.78 is 1.84. The van der Waals surface area contributed by atoms with Gasteiger partial charge in [0, 0.05) is 41.5 Å². The van der Waals surface area contributed by atoms with E-state index < -0.39 is 0 Å². The molecule has 0 saturated heterocycles. The molecule has 4 aromatic rings. The highest BCUT2D eigenvalue weighted by molar-refractivity contribution is 7.99. The summed E-state index contributed by atoms with van der Waals surface area (Å²) >= 11 is 1.84. The van der Waals surface area contributed by atoms with E-state index in [0.717, 1.165) is 41.4 Å². The largest absolute Gasteiger partial charge is 0.370 e. The standard InChI is InChI=1S/C21H21N5S/c1-2-27-18-7-5-17(6-8-18)19-14-21(26-20(25-19)10-13-24-26)23-12-9-16-4-3-11-22-15-16/h3-8,10-11,13-15,23H,2,9,12H2,1H3. The Hall–Kier alpha value is -2.86. The van der Waals surface area contributed by atoms with Crippen LogP contribution in [0.15, 0.2) is 72.0 Å². The Balaban J connectivity index is 1.57. The van der Waals surface area contributed by atoms with Crippen LogP contribution in [0.25, 0.3) is 16.9 Å². The van der Waals surface area contributed by atoms with Gasteiger partial charge in [0.05, 0.1) is 11.9 Å². The number of rotatable bonds is 7. The van der Waals surface area contributed by atoms with Gasteiger partial charge in [-0.15, -0.1) is 11.8 Å². The molecule has 0 aliphatic carbocycles. The number of anilines is 1. The smallest absolute Gasteiger partial charge is 0.157 e. The van der Waals surface area contributed by atoms with E-state index in [1.165, 1.54) is 10.5 Å². The highest BCUT2D eigenvalue weighted by atomic mass is 32.2. The van der Waals surface area contributed by atoms with Crippen LogP contribution in [0.3, 0.4) is 0 Å². The Morgan fingerprint density at radius 3 is 2.74 bits per heavy atom. The van der Waals surface area contributed by atoms with E-state index in [1.54, 1.807) is 12.4 Å². The van der Waals surface area contributed by atoms with Crippen molar-refractivity contribution in [1.82, 2.24) is 19.6 Å². The fourth-order valence-corrected chi connectivity index (χ4v) is 3.62. The van der Waals surface area contributed by atoms with Gasteiger partial charge in [0.15, 0.2) is 5.65 Å². The van der Waals surface area contributed by atoms with Gasteiger partial charge in [0.25, 0.3) is 0 Å². The van der Waals surface area contributed by atoms with Crippen LogP contribution in [0.4, 0.5) is 5.82 Å². The quantitative estimate of drug-likeness (QED) is 0.480. The van der Waals surface area contributed by atoms with Gasteiger partial charge < -0.3 is 5.32 Å². The summed E-state index contributed by atoms with van der Waals surface area (Å²) in [6.45, 7) is 2.97. The van der Waals surface area contributed by atoms with Crippen molar-refractivity contribution in [3.63, 3.8) is 0 Å². The SMILES string of the molecule is CCSc1ccc(-c2cc(NCCc3cccnc3)n3nccc3n2)cc1. The molecule has 0 radical (unpaired) electrons. The first kappa shape index (κ1) is 17.5. The fraction of sp³-hybridized carbons (Fsp3) is 0.190. The van der Waals surface area contributed by atoms with Crippen molar-refractivity contribution in [3.05, 3.63) is 72.7 Å². The van der Waals surface area contributed by atoms with E-state index in [2.05, 4.69) is 58.7 Å². The number of fused-ring (bicyclic) bond motifs is 1. The molecule has 0 aliphatic heterocycles. The maximum Gasteiger partial charge on any atom is 0.157 e. The summed E-state index contributed by atoms with van der Waals surface area (Å²) in [5.41, 5.74) is 4.10. The second kappa shape index (κ2) is 8.22. The minimum Gasteiger partial charge on any atom is -0.370 e.